The maximum atomic E-state index is 13.2. The van der Waals surface area contributed by atoms with E-state index in [4.69, 9.17) is 0 Å². The first-order valence-corrected chi connectivity index (χ1v) is 8.81. The van der Waals surface area contributed by atoms with Crippen molar-refractivity contribution in [3.8, 4) is 0 Å². The van der Waals surface area contributed by atoms with Gasteiger partial charge in [-0.2, -0.15) is 13.2 Å². The van der Waals surface area contributed by atoms with Gasteiger partial charge in [0.15, 0.2) is 0 Å². The zero-order chi connectivity index (χ0) is 18.5. The molecule has 1 atom stereocenters. The van der Waals surface area contributed by atoms with Crippen LogP contribution in [0.1, 0.15) is 36.0 Å². The van der Waals surface area contributed by atoms with E-state index in [1.54, 1.807) is 6.07 Å². The van der Waals surface area contributed by atoms with Crippen molar-refractivity contribution < 1.29 is 13.2 Å². The molecular formula is C21H21F3N2. The highest BCUT2D eigenvalue weighted by molar-refractivity contribution is 6.01. The van der Waals surface area contributed by atoms with E-state index in [1.807, 2.05) is 18.2 Å². The first kappa shape index (κ1) is 17.2. The van der Waals surface area contributed by atoms with Gasteiger partial charge in [-0.05, 0) is 62.7 Å². The Bertz CT molecular complexity index is 881. The van der Waals surface area contributed by atoms with Crippen LogP contribution in [-0.2, 0) is 6.18 Å². The number of hydrogen-bond acceptors (Lipinski definition) is 2. The summed E-state index contributed by atoms with van der Waals surface area (Å²) in [5.41, 5.74) is 5.20. The van der Waals surface area contributed by atoms with Crippen molar-refractivity contribution >= 4 is 22.5 Å². The van der Waals surface area contributed by atoms with E-state index in [-0.39, 0.29) is 0 Å². The second kappa shape index (κ2) is 6.16. The summed E-state index contributed by atoms with van der Waals surface area (Å²) in [6, 6.07) is 12.4. The number of alkyl halides is 3. The predicted octanol–water partition coefficient (Wildman–Crippen LogP) is 5.79. The molecule has 1 aliphatic heterocycles. The van der Waals surface area contributed by atoms with Crippen molar-refractivity contribution in [1.82, 2.24) is 4.90 Å². The minimum atomic E-state index is -4.35. The van der Waals surface area contributed by atoms with Crippen LogP contribution in [0.2, 0.25) is 0 Å². The number of anilines is 2. The number of benzene rings is 2. The molecule has 4 rings (SSSR count). The molecule has 136 valence electrons. The Balaban J connectivity index is 1.92. The molecule has 0 amide bonds. The Morgan fingerprint density at radius 3 is 2.42 bits per heavy atom. The van der Waals surface area contributed by atoms with Crippen molar-refractivity contribution in [2.24, 2.45) is 0 Å². The van der Waals surface area contributed by atoms with E-state index in [2.05, 4.69) is 30.4 Å². The summed E-state index contributed by atoms with van der Waals surface area (Å²) in [6.07, 6.45) is -1.53. The minimum Gasteiger partial charge on any atom is -0.355 e. The molecule has 1 heterocycles. The van der Waals surface area contributed by atoms with Crippen LogP contribution in [0.4, 0.5) is 24.5 Å². The van der Waals surface area contributed by atoms with Gasteiger partial charge in [0.25, 0.3) is 0 Å². The number of allylic oxidation sites excluding steroid dienone is 1. The van der Waals surface area contributed by atoms with Crippen LogP contribution in [0.5, 0.6) is 0 Å². The molecule has 1 unspecified atom stereocenters. The third-order valence-electron chi connectivity index (χ3n) is 5.46. The van der Waals surface area contributed by atoms with Crippen LogP contribution in [0.15, 0.2) is 42.5 Å². The smallest absolute Gasteiger partial charge is 0.355 e. The second-order valence-corrected chi connectivity index (χ2v) is 7.25. The SMILES string of the molecule is CN(C)C1CCC2=C(C1)c1ccc(C(F)(F)F)cc1Nc1ccccc12. The summed E-state index contributed by atoms with van der Waals surface area (Å²) < 4.78 is 39.6. The molecule has 1 N–H and O–H groups in total. The van der Waals surface area contributed by atoms with Crippen LogP contribution in [-0.4, -0.2) is 25.0 Å². The molecule has 2 aromatic rings. The average molecular weight is 358 g/mol. The van der Waals surface area contributed by atoms with Gasteiger partial charge in [-0.15, -0.1) is 0 Å². The maximum Gasteiger partial charge on any atom is 0.416 e. The lowest BCUT2D eigenvalue weighted by atomic mass is 9.81. The lowest BCUT2D eigenvalue weighted by Crippen LogP contribution is -2.30. The van der Waals surface area contributed by atoms with Gasteiger partial charge >= 0.3 is 6.18 Å². The Kier molecular flexibility index (Phi) is 4.07. The highest BCUT2D eigenvalue weighted by atomic mass is 19.4. The lowest BCUT2D eigenvalue weighted by molar-refractivity contribution is -0.137. The van der Waals surface area contributed by atoms with Crippen molar-refractivity contribution in [1.29, 1.82) is 0 Å². The molecule has 2 nitrogen and oxygen atoms in total. The third kappa shape index (κ3) is 2.90. The van der Waals surface area contributed by atoms with E-state index in [9.17, 15) is 13.2 Å². The van der Waals surface area contributed by atoms with E-state index in [1.165, 1.54) is 17.7 Å². The van der Waals surface area contributed by atoms with E-state index < -0.39 is 11.7 Å². The molecule has 0 saturated carbocycles. The van der Waals surface area contributed by atoms with Crippen molar-refractivity contribution in [2.45, 2.75) is 31.5 Å². The molecule has 0 radical (unpaired) electrons. The summed E-state index contributed by atoms with van der Waals surface area (Å²) in [5, 5.41) is 3.26. The Labute approximate surface area is 151 Å². The normalized spacial score (nSPS) is 19.4. The first-order valence-electron chi connectivity index (χ1n) is 8.81. The fourth-order valence-corrected chi connectivity index (χ4v) is 4.02. The largest absolute Gasteiger partial charge is 0.416 e. The van der Waals surface area contributed by atoms with Gasteiger partial charge in [0, 0.05) is 28.5 Å². The number of hydrogen-bond donors (Lipinski definition) is 1. The number of rotatable bonds is 1. The summed E-state index contributed by atoms with van der Waals surface area (Å²) in [4.78, 5) is 2.21. The number of para-hydroxylation sites is 1. The Morgan fingerprint density at radius 1 is 0.962 bits per heavy atom. The molecule has 2 aliphatic rings. The summed E-state index contributed by atoms with van der Waals surface area (Å²) in [7, 11) is 4.12. The van der Waals surface area contributed by atoms with Crippen molar-refractivity contribution in [2.75, 3.05) is 19.4 Å². The predicted molar refractivity (Wildman–Crippen MR) is 99.3 cm³/mol. The summed E-state index contributed by atoms with van der Waals surface area (Å²) in [6.45, 7) is 0. The quantitative estimate of drug-likeness (QED) is 0.694. The molecule has 5 heteroatoms. The minimum absolute atomic E-state index is 0.397. The molecule has 26 heavy (non-hydrogen) atoms. The van der Waals surface area contributed by atoms with Crippen LogP contribution < -0.4 is 5.32 Å². The highest BCUT2D eigenvalue weighted by Gasteiger charge is 2.33. The highest BCUT2D eigenvalue weighted by Crippen LogP contribution is 2.47. The van der Waals surface area contributed by atoms with Gasteiger partial charge in [-0.1, -0.05) is 24.3 Å². The van der Waals surface area contributed by atoms with Crippen molar-refractivity contribution in [3.05, 3.63) is 59.2 Å². The van der Waals surface area contributed by atoms with Gasteiger partial charge < -0.3 is 10.2 Å². The Morgan fingerprint density at radius 2 is 1.69 bits per heavy atom. The van der Waals surface area contributed by atoms with E-state index >= 15 is 0 Å². The van der Waals surface area contributed by atoms with Gasteiger partial charge in [-0.25, -0.2) is 0 Å². The molecule has 0 spiro atoms. The fourth-order valence-electron chi connectivity index (χ4n) is 4.02. The number of halogens is 3. The van der Waals surface area contributed by atoms with Crippen LogP contribution in [0, 0.1) is 0 Å². The Hall–Kier alpha value is -2.27. The number of nitrogens with zero attached hydrogens (tertiary/aromatic N) is 1. The van der Waals surface area contributed by atoms with E-state index in [0.717, 1.165) is 41.6 Å². The molecular weight excluding hydrogens is 337 g/mol. The third-order valence-corrected chi connectivity index (χ3v) is 5.46. The van der Waals surface area contributed by atoms with Gasteiger partial charge in [0.2, 0.25) is 0 Å². The molecule has 0 bridgehead atoms. The number of fused-ring (bicyclic) bond motifs is 4. The number of nitrogens with one attached hydrogen (secondary N) is 1. The zero-order valence-corrected chi connectivity index (χ0v) is 14.8. The summed E-state index contributed by atoms with van der Waals surface area (Å²) in [5.74, 6) is 0. The molecule has 0 fully saturated rings. The first-order chi connectivity index (χ1) is 12.3. The molecule has 2 aromatic carbocycles. The monoisotopic (exact) mass is 358 g/mol. The van der Waals surface area contributed by atoms with Gasteiger partial charge in [0.05, 0.1) is 5.56 Å². The average Bonchev–Trinajstić information content (AvgIpc) is 2.74. The second-order valence-electron chi connectivity index (χ2n) is 7.25. The zero-order valence-electron chi connectivity index (χ0n) is 14.8. The van der Waals surface area contributed by atoms with Crippen LogP contribution in [0.3, 0.4) is 0 Å². The molecule has 1 aliphatic carbocycles. The van der Waals surface area contributed by atoms with Crippen LogP contribution in [0.25, 0.3) is 11.1 Å². The van der Waals surface area contributed by atoms with E-state index in [0.29, 0.717) is 11.7 Å². The topological polar surface area (TPSA) is 15.3 Å². The van der Waals surface area contributed by atoms with Gasteiger partial charge in [-0.3, -0.25) is 0 Å². The maximum absolute atomic E-state index is 13.2. The summed E-state index contributed by atoms with van der Waals surface area (Å²) >= 11 is 0. The standard InChI is InChI=1S/C21H21F3N2/c1-26(2)14-8-10-15-16-5-3-4-6-19(16)25-20-11-13(21(22,23)24)7-9-17(20)18(15)12-14/h3-7,9,11,14,25H,8,10,12H2,1-2H3. The van der Waals surface area contributed by atoms with Crippen LogP contribution >= 0.6 is 0 Å². The fraction of sp³-hybridized carbons (Fsp3) is 0.333. The lowest BCUT2D eigenvalue weighted by Gasteiger charge is -2.32. The van der Waals surface area contributed by atoms with Crippen molar-refractivity contribution in [3.63, 3.8) is 0 Å². The van der Waals surface area contributed by atoms with Gasteiger partial charge in [0.1, 0.15) is 0 Å². The molecule has 0 saturated heterocycles. The molecule has 0 aromatic heterocycles.